The Morgan fingerprint density at radius 1 is 1.04 bits per heavy atom. The molecule has 0 fully saturated rings. The van der Waals surface area contributed by atoms with Crippen LogP contribution in [0.25, 0.3) is 16.5 Å². The van der Waals surface area contributed by atoms with Crippen LogP contribution in [0.3, 0.4) is 0 Å². The van der Waals surface area contributed by atoms with Crippen LogP contribution in [-0.4, -0.2) is 30.8 Å². The smallest absolute Gasteiger partial charge is 0.276 e. The highest BCUT2D eigenvalue weighted by atomic mass is 32.2. The number of hydrogen-bond acceptors (Lipinski definition) is 4. The summed E-state index contributed by atoms with van der Waals surface area (Å²) in [5.41, 5.74) is -0.0880. The van der Waals surface area contributed by atoms with E-state index in [0.29, 0.717) is 10.8 Å². The van der Waals surface area contributed by atoms with Crippen molar-refractivity contribution in [3.63, 3.8) is 0 Å². The molecule has 1 heterocycles. The Morgan fingerprint density at radius 3 is 2.43 bits per heavy atom. The maximum absolute atomic E-state index is 13.1. The molecule has 0 unspecified atom stereocenters. The van der Waals surface area contributed by atoms with Crippen molar-refractivity contribution in [1.29, 1.82) is 0 Å². The number of carbonyl (C=O) groups excluding carboxylic acids is 1. The zero-order valence-electron chi connectivity index (χ0n) is 14.7. The van der Waals surface area contributed by atoms with E-state index in [1.54, 1.807) is 30.3 Å². The number of nitrogens with one attached hydrogen (secondary N) is 1. The molecule has 8 heteroatoms. The molecule has 1 amide bonds. The summed E-state index contributed by atoms with van der Waals surface area (Å²) in [6.45, 7) is 0. The molecular weight excluding hydrogens is 383 g/mol. The molecule has 4 rings (SSSR count). The van der Waals surface area contributed by atoms with Crippen LogP contribution in [0.1, 0.15) is 5.56 Å². The summed E-state index contributed by atoms with van der Waals surface area (Å²) in [7, 11) is -2.87. The normalized spacial score (nSPS) is 15.4. The van der Waals surface area contributed by atoms with Crippen LogP contribution >= 0.6 is 0 Å². The second-order valence-corrected chi connectivity index (χ2v) is 8.20. The fourth-order valence-corrected chi connectivity index (χ4v) is 4.81. The summed E-state index contributed by atoms with van der Waals surface area (Å²) in [5.74, 6) is -1.75. The molecular formula is C20H15FN2O4S. The Labute approximate surface area is 160 Å². The minimum Gasteiger partial charge on any atom is -0.505 e. The number of carbonyl (C=O) groups is 1. The number of anilines is 1. The maximum atomic E-state index is 13.1. The molecule has 3 aromatic rings. The molecule has 3 aromatic carbocycles. The van der Waals surface area contributed by atoms with Gasteiger partial charge in [0, 0.05) is 23.7 Å². The van der Waals surface area contributed by atoms with Crippen molar-refractivity contribution in [2.75, 3.05) is 12.4 Å². The summed E-state index contributed by atoms with van der Waals surface area (Å²) in [4.78, 5) is 12.7. The fourth-order valence-electron chi connectivity index (χ4n) is 3.22. The number of fused-ring (bicyclic) bond motifs is 3. The number of nitrogens with zero attached hydrogens (tertiary/aromatic N) is 1. The van der Waals surface area contributed by atoms with Gasteiger partial charge in [-0.3, -0.25) is 9.10 Å². The second-order valence-electron chi connectivity index (χ2n) is 6.29. The van der Waals surface area contributed by atoms with Crippen molar-refractivity contribution in [1.82, 2.24) is 4.31 Å². The van der Waals surface area contributed by atoms with Gasteiger partial charge >= 0.3 is 0 Å². The minimum atomic E-state index is -4.08. The first kappa shape index (κ1) is 18.0. The summed E-state index contributed by atoms with van der Waals surface area (Å²) in [5, 5.41) is 14.4. The van der Waals surface area contributed by atoms with E-state index in [4.69, 9.17) is 0 Å². The van der Waals surface area contributed by atoms with E-state index in [-0.39, 0.29) is 16.1 Å². The lowest BCUT2D eigenvalue weighted by Crippen LogP contribution is -2.37. The van der Waals surface area contributed by atoms with Gasteiger partial charge in [-0.25, -0.2) is 12.8 Å². The molecule has 1 aliphatic heterocycles. The molecule has 0 bridgehead atoms. The first-order chi connectivity index (χ1) is 13.3. The third kappa shape index (κ3) is 2.69. The largest absolute Gasteiger partial charge is 0.505 e. The number of benzene rings is 3. The van der Waals surface area contributed by atoms with Gasteiger partial charge in [0.05, 0.1) is 0 Å². The van der Waals surface area contributed by atoms with Crippen LogP contribution in [0.2, 0.25) is 0 Å². The number of aliphatic hydroxyl groups excluding tert-OH is 1. The van der Waals surface area contributed by atoms with Gasteiger partial charge in [-0.15, -0.1) is 0 Å². The molecule has 1 aliphatic rings. The SMILES string of the molecule is CN1C(C(=O)Nc2ccc(F)cc2)=C(O)c2ccc3ccccc3c2S1(=O)=O. The molecule has 0 saturated carbocycles. The van der Waals surface area contributed by atoms with Crippen LogP contribution in [-0.2, 0) is 14.8 Å². The fraction of sp³-hybridized carbons (Fsp3) is 0.0500. The predicted octanol–water partition coefficient (Wildman–Crippen LogP) is 3.48. The molecule has 6 nitrogen and oxygen atoms in total. The lowest BCUT2D eigenvalue weighted by atomic mass is 10.0. The monoisotopic (exact) mass is 398 g/mol. The van der Waals surface area contributed by atoms with Crippen molar-refractivity contribution in [2.45, 2.75) is 4.90 Å². The van der Waals surface area contributed by atoms with Gasteiger partial charge in [-0.1, -0.05) is 30.3 Å². The summed E-state index contributed by atoms with van der Waals surface area (Å²) in [6.07, 6.45) is 0. The summed E-state index contributed by atoms with van der Waals surface area (Å²) >= 11 is 0. The van der Waals surface area contributed by atoms with Gasteiger partial charge in [0.15, 0.2) is 11.5 Å². The van der Waals surface area contributed by atoms with E-state index in [9.17, 15) is 22.7 Å². The average molecular weight is 398 g/mol. The third-order valence-corrected chi connectivity index (χ3v) is 6.47. The molecule has 0 spiro atoms. The topological polar surface area (TPSA) is 86.7 Å². The summed E-state index contributed by atoms with van der Waals surface area (Å²) in [6, 6.07) is 15.1. The van der Waals surface area contributed by atoms with Crippen LogP contribution in [0, 0.1) is 5.82 Å². The number of hydrogen-bond donors (Lipinski definition) is 2. The van der Waals surface area contributed by atoms with Gasteiger partial charge in [0.2, 0.25) is 0 Å². The molecule has 142 valence electrons. The van der Waals surface area contributed by atoms with E-state index < -0.39 is 33.2 Å². The Bertz CT molecular complexity index is 1250. The van der Waals surface area contributed by atoms with Crippen LogP contribution in [0.15, 0.2) is 71.3 Å². The highest BCUT2D eigenvalue weighted by Gasteiger charge is 2.39. The number of likely N-dealkylation sites (N-methyl/N-ethyl adjacent to an activating group) is 1. The Kier molecular flexibility index (Phi) is 4.08. The number of halogens is 1. The lowest BCUT2D eigenvalue weighted by molar-refractivity contribution is -0.113. The third-order valence-electron chi connectivity index (χ3n) is 4.61. The Hall–Kier alpha value is -3.39. The van der Waals surface area contributed by atoms with Crippen molar-refractivity contribution in [2.24, 2.45) is 0 Å². The standard InChI is InChI=1S/C20H15FN2O4S/c1-23-17(20(25)22-14-9-7-13(21)8-10-14)18(24)16-11-6-12-4-2-3-5-15(12)19(16)28(23,26)27/h2-11,24H,1H3,(H,22,25). The molecule has 28 heavy (non-hydrogen) atoms. The van der Waals surface area contributed by atoms with Crippen LogP contribution in [0.4, 0.5) is 10.1 Å². The highest BCUT2D eigenvalue weighted by Crippen LogP contribution is 2.39. The molecule has 2 N–H and O–H groups in total. The van der Waals surface area contributed by atoms with E-state index in [1.807, 2.05) is 0 Å². The molecule has 0 aliphatic carbocycles. The van der Waals surface area contributed by atoms with Crippen molar-refractivity contribution < 1.29 is 22.7 Å². The lowest BCUT2D eigenvalue weighted by Gasteiger charge is -2.29. The van der Waals surface area contributed by atoms with Crippen molar-refractivity contribution in [3.8, 4) is 0 Å². The number of amides is 1. The second kappa shape index (κ2) is 6.35. The quantitative estimate of drug-likeness (QED) is 0.692. The van der Waals surface area contributed by atoms with Gasteiger partial charge in [-0.05, 0) is 35.7 Å². The first-order valence-corrected chi connectivity index (χ1v) is 9.76. The van der Waals surface area contributed by atoms with Crippen molar-refractivity contribution in [3.05, 3.63) is 77.7 Å². The van der Waals surface area contributed by atoms with E-state index in [1.165, 1.54) is 25.2 Å². The number of sulfonamides is 1. The van der Waals surface area contributed by atoms with Crippen LogP contribution < -0.4 is 5.32 Å². The molecule has 0 aromatic heterocycles. The Morgan fingerprint density at radius 2 is 1.71 bits per heavy atom. The van der Waals surface area contributed by atoms with Gasteiger partial charge in [0.25, 0.3) is 15.9 Å². The van der Waals surface area contributed by atoms with Crippen LogP contribution in [0.5, 0.6) is 0 Å². The van der Waals surface area contributed by atoms with E-state index >= 15 is 0 Å². The maximum Gasteiger partial charge on any atom is 0.276 e. The number of rotatable bonds is 2. The molecule has 0 saturated heterocycles. The van der Waals surface area contributed by atoms with E-state index in [0.717, 1.165) is 16.4 Å². The zero-order valence-corrected chi connectivity index (χ0v) is 15.5. The van der Waals surface area contributed by atoms with Gasteiger partial charge in [0.1, 0.15) is 10.7 Å². The number of aliphatic hydroxyl groups is 1. The molecule has 0 radical (unpaired) electrons. The van der Waals surface area contributed by atoms with E-state index in [2.05, 4.69) is 5.32 Å². The van der Waals surface area contributed by atoms with Gasteiger partial charge < -0.3 is 10.4 Å². The van der Waals surface area contributed by atoms with Crippen molar-refractivity contribution >= 4 is 38.1 Å². The minimum absolute atomic E-state index is 0.0519. The zero-order chi connectivity index (χ0) is 20.1. The highest BCUT2D eigenvalue weighted by molar-refractivity contribution is 7.89. The summed E-state index contributed by atoms with van der Waals surface area (Å²) < 4.78 is 40.1. The average Bonchev–Trinajstić information content (AvgIpc) is 2.67. The van der Waals surface area contributed by atoms with Gasteiger partial charge in [-0.2, -0.15) is 0 Å². The first-order valence-electron chi connectivity index (χ1n) is 8.32. The Balaban J connectivity index is 1.88. The molecule has 0 atom stereocenters. The predicted molar refractivity (Wildman–Crippen MR) is 103 cm³/mol.